The Bertz CT molecular complexity index is 245. The van der Waals surface area contributed by atoms with Crippen LogP contribution in [0.15, 0.2) is 0 Å². The molecule has 0 aromatic rings. The first-order valence-electron chi connectivity index (χ1n) is 6.29. The van der Waals surface area contributed by atoms with Crippen molar-refractivity contribution in [3.05, 3.63) is 0 Å². The van der Waals surface area contributed by atoms with Gasteiger partial charge < -0.3 is 0 Å². The molecule has 0 radical (unpaired) electrons. The van der Waals surface area contributed by atoms with Crippen LogP contribution in [-0.2, 0) is 0 Å². The van der Waals surface area contributed by atoms with E-state index >= 15 is 0 Å². The van der Waals surface area contributed by atoms with Crippen molar-refractivity contribution in [2.45, 2.75) is 41.5 Å². The summed E-state index contributed by atoms with van der Waals surface area (Å²) in [6, 6.07) is 0. The van der Waals surface area contributed by atoms with Gasteiger partial charge in [-0.05, 0) is 23.7 Å². The van der Waals surface area contributed by atoms with Crippen molar-refractivity contribution in [1.82, 2.24) is 0 Å². The van der Waals surface area contributed by atoms with E-state index in [2.05, 4.69) is 53.4 Å². The van der Waals surface area contributed by atoms with Gasteiger partial charge in [0, 0.05) is 11.8 Å². The lowest BCUT2D eigenvalue weighted by atomic mass is 9.71. The van der Waals surface area contributed by atoms with Crippen LogP contribution < -0.4 is 0 Å². The third kappa shape index (κ3) is 3.61. The van der Waals surface area contributed by atoms with E-state index in [1.165, 1.54) is 0 Å². The van der Waals surface area contributed by atoms with Crippen molar-refractivity contribution in [3.63, 3.8) is 0 Å². The first-order valence-corrected chi connectivity index (χ1v) is 6.29. The molecule has 0 heterocycles. The van der Waals surface area contributed by atoms with Gasteiger partial charge in [-0.2, -0.15) is 0 Å². The molecule has 0 heteroatoms. The summed E-state index contributed by atoms with van der Waals surface area (Å²) in [5, 5.41) is 0. The maximum atomic E-state index is 5.49. The average molecular weight is 218 g/mol. The first-order chi connectivity index (χ1) is 7.36. The Morgan fingerprint density at radius 1 is 0.562 bits per heavy atom. The van der Waals surface area contributed by atoms with Gasteiger partial charge in [0.15, 0.2) is 0 Å². The number of hydrogen-bond acceptors (Lipinski definition) is 0. The van der Waals surface area contributed by atoms with Crippen molar-refractivity contribution in [2.24, 2.45) is 35.5 Å². The topological polar surface area (TPSA) is 0 Å². The molecule has 0 N–H and O–H groups in total. The fraction of sp³-hybridized carbons (Fsp3) is 0.750. The third-order valence-electron chi connectivity index (χ3n) is 4.59. The monoisotopic (exact) mass is 218 g/mol. The van der Waals surface area contributed by atoms with Crippen LogP contribution in [-0.4, -0.2) is 0 Å². The minimum atomic E-state index is 0.339. The standard InChI is InChI=1S/C16H26/c1-9-11(3)13(5)15(7)16(8)14(6)12(4)10-2/h1-2,11-16H,3-8H3/t11-,12-,13+,14+,15-,16-/m0/s1. The molecular formula is C16H26. The molecule has 0 saturated carbocycles. The zero-order valence-electron chi connectivity index (χ0n) is 11.6. The van der Waals surface area contributed by atoms with Crippen molar-refractivity contribution < 1.29 is 0 Å². The Hall–Kier alpha value is -0.880. The minimum Gasteiger partial charge on any atom is -0.120 e. The van der Waals surface area contributed by atoms with Gasteiger partial charge in [-0.25, -0.2) is 0 Å². The molecule has 0 aliphatic heterocycles. The SMILES string of the molecule is C#C[C@H](C)[C@@H](C)[C@H](C)[C@@H](C)[C@H](C)[C@@H](C)C#C. The quantitative estimate of drug-likeness (QED) is 0.610. The van der Waals surface area contributed by atoms with Crippen LogP contribution in [0.2, 0.25) is 0 Å². The second-order valence-electron chi connectivity index (χ2n) is 5.35. The molecule has 0 fully saturated rings. The average Bonchev–Trinajstić information content (AvgIpc) is 2.32. The van der Waals surface area contributed by atoms with Crippen molar-refractivity contribution in [3.8, 4) is 24.7 Å². The van der Waals surface area contributed by atoms with Crippen LogP contribution in [0, 0.1) is 60.2 Å². The van der Waals surface area contributed by atoms with Gasteiger partial charge in [0.05, 0.1) is 0 Å². The van der Waals surface area contributed by atoms with Gasteiger partial charge in [0.2, 0.25) is 0 Å². The number of rotatable bonds is 5. The van der Waals surface area contributed by atoms with Gasteiger partial charge in [0.25, 0.3) is 0 Å². The molecule has 0 aromatic carbocycles. The molecule has 0 aromatic heterocycles. The maximum Gasteiger partial charge on any atom is 0.0200 e. The minimum absolute atomic E-state index is 0.339. The van der Waals surface area contributed by atoms with Crippen LogP contribution in [0.4, 0.5) is 0 Å². The fourth-order valence-electron chi connectivity index (χ4n) is 2.17. The lowest BCUT2D eigenvalue weighted by molar-refractivity contribution is 0.170. The summed E-state index contributed by atoms with van der Waals surface area (Å²) in [6.45, 7) is 13.3. The summed E-state index contributed by atoms with van der Waals surface area (Å²) >= 11 is 0. The summed E-state index contributed by atoms with van der Waals surface area (Å²) in [7, 11) is 0. The molecule has 6 atom stereocenters. The lowest BCUT2D eigenvalue weighted by Gasteiger charge is -2.33. The summed E-state index contributed by atoms with van der Waals surface area (Å²) in [5.41, 5.74) is 0. The first kappa shape index (κ1) is 15.1. The summed E-state index contributed by atoms with van der Waals surface area (Å²) in [4.78, 5) is 0. The highest BCUT2D eigenvalue weighted by atomic mass is 14.3. The Morgan fingerprint density at radius 2 is 0.812 bits per heavy atom. The van der Waals surface area contributed by atoms with Gasteiger partial charge in [0.1, 0.15) is 0 Å². The van der Waals surface area contributed by atoms with E-state index in [0.29, 0.717) is 35.5 Å². The number of hydrogen-bond donors (Lipinski definition) is 0. The Balaban J connectivity index is 4.57. The zero-order valence-corrected chi connectivity index (χ0v) is 11.6. The van der Waals surface area contributed by atoms with Crippen molar-refractivity contribution >= 4 is 0 Å². The van der Waals surface area contributed by atoms with Gasteiger partial charge >= 0.3 is 0 Å². The van der Waals surface area contributed by atoms with Crippen molar-refractivity contribution in [2.75, 3.05) is 0 Å². The highest BCUT2D eigenvalue weighted by molar-refractivity contribution is 4.97. The molecule has 0 aliphatic carbocycles. The molecule has 0 unspecified atom stereocenters. The molecule has 0 spiro atoms. The molecule has 0 nitrogen and oxygen atoms in total. The van der Waals surface area contributed by atoms with E-state index in [1.807, 2.05) is 0 Å². The molecule has 0 aliphatic rings. The maximum absolute atomic E-state index is 5.49. The fourth-order valence-corrected chi connectivity index (χ4v) is 2.17. The van der Waals surface area contributed by atoms with Crippen LogP contribution >= 0.6 is 0 Å². The molecule has 0 rings (SSSR count). The molecule has 16 heavy (non-hydrogen) atoms. The van der Waals surface area contributed by atoms with Crippen LogP contribution in [0.1, 0.15) is 41.5 Å². The Labute approximate surface area is 102 Å². The van der Waals surface area contributed by atoms with Gasteiger partial charge in [-0.1, -0.05) is 41.5 Å². The lowest BCUT2D eigenvalue weighted by Crippen LogP contribution is -2.28. The second-order valence-corrected chi connectivity index (χ2v) is 5.35. The summed E-state index contributed by atoms with van der Waals surface area (Å²) < 4.78 is 0. The Morgan fingerprint density at radius 3 is 1.00 bits per heavy atom. The van der Waals surface area contributed by atoms with Gasteiger partial charge in [-0.3, -0.25) is 0 Å². The predicted molar refractivity (Wildman–Crippen MR) is 72.7 cm³/mol. The second kappa shape index (κ2) is 6.65. The van der Waals surface area contributed by atoms with E-state index < -0.39 is 0 Å². The van der Waals surface area contributed by atoms with E-state index in [0.717, 1.165) is 0 Å². The highest BCUT2D eigenvalue weighted by Gasteiger charge is 2.28. The molecular weight excluding hydrogens is 192 g/mol. The highest BCUT2D eigenvalue weighted by Crippen LogP contribution is 2.33. The normalized spacial score (nSPS) is 22.0. The van der Waals surface area contributed by atoms with Crippen molar-refractivity contribution in [1.29, 1.82) is 0 Å². The molecule has 0 saturated heterocycles. The summed E-state index contributed by atoms with van der Waals surface area (Å²) in [5.74, 6) is 8.68. The predicted octanol–water partition coefficient (Wildman–Crippen LogP) is 4.07. The van der Waals surface area contributed by atoms with E-state index in [1.54, 1.807) is 0 Å². The summed E-state index contributed by atoms with van der Waals surface area (Å²) in [6.07, 6.45) is 11.0. The van der Waals surface area contributed by atoms with E-state index in [-0.39, 0.29) is 0 Å². The van der Waals surface area contributed by atoms with Crippen LogP contribution in [0.5, 0.6) is 0 Å². The molecule has 90 valence electrons. The smallest absolute Gasteiger partial charge is 0.0200 e. The zero-order chi connectivity index (χ0) is 12.9. The van der Waals surface area contributed by atoms with Gasteiger partial charge in [-0.15, -0.1) is 24.7 Å². The van der Waals surface area contributed by atoms with Crippen LogP contribution in [0.25, 0.3) is 0 Å². The molecule has 0 amide bonds. The largest absolute Gasteiger partial charge is 0.120 e. The van der Waals surface area contributed by atoms with E-state index in [9.17, 15) is 0 Å². The van der Waals surface area contributed by atoms with E-state index in [4.69, 9.17) is 12.8 Å². The Kier molecular flexibility index (Phi) is 6.28. The molecule has 0 bridgehead atoms. The van der Waals surface area contributed by atoms with Crippen LogP contribution in [0.3, 0.4) is 0 Å². The third-order valence-corrected chi connectivity index (χ3v) is 4.59. The number of terminal acetylenes is 2.